The quantitative estimate of drug-likeness (QED) is 0.893. The van der Waals surface area contributed by atoms with Gasteiger partial charge in [0, 0.05) is 38.3 Å². The molecule has 0 saturated carbocycles. The highest BCUT2D eigenvalue weighted by molar-refractivity contribution is 5.44. The minimum atomic E-state index is 0.296. The highest BCUT2D eigenvalue weighted by atomic mass is 16.3. The number of aromatic hydroxyl groups is 1. The second kappa shape index (κ2) is 6.62. The van der Waals surface area contributed by atoms with Gasteiger partial charge in [0.2, 0.25) is 5.95 Å². The fourth-order valence-electron chi connectivity index (χ4n) is 2.44. The number of para-hydroxylation sites is 1. The van der Waals surface area contributed by atoms with Crippen molar-refractivity contribution in [2.24, 2.45) is 0 Å². The van der Waals surface area contributed by atoms with E-state index in [1.165, 1.54) is 0 Å². The Balaban J connectivity index is 1.59. The molecule has 6 heteroatoms. The average Bonchev–Trinajstić information content (AvgIpc) is 2.55. The first-order valence-corrected chi connectivity index (χ1v) is 7.48. The summed E-state index contributed by atoms with van der Waals surface area (Å²) in [6.07, 6.45) is 3.58. The fraction of sp³-hybridized carbons (Fsp3) is 0.375. The Labute approximate surface area is 130 Å². The van der Waals surface area contributed by atoms with Gasteiger partial charge in [-0.2, -0.15) is 0 Å². The number of likely N-dealkylation sites (N-methyl/N-ethyl adjacent to an activating group) is 1. The predicted octanol–water partition coefficient (Wildman–Crippen LogP) is 1.55. The molecule has 1 saturated heterocycles. The summed E-state index contributed by atoms with van der Waals surface area (Å²) in [6, 6.07) is 7.29. The zero-order valence-electron chi connectivity index (χ0n) is 12.7. The maximum absolute atomic E-state index is 9.74. The minimum Gasteiger partial charge on any atom is -0.508 e. The van der Waals surface area contributed by atoms with Gasteiger partial charge in [-0.25, -0.2) is 9.97 Å². The van der Waals surface area contributed by atoms with E-state index in [0.29, 0.717) is 12.3 Å². The highest BCUT2D eigenvalue weighted by Gasteiger charge is 2.16. The molecule has 0 unspecified atom stereocenters. The molecule has 0 bridgehead atoms. The molecule has 3 rings (SSSR count). The molecule has 116 valence electrons. The summed E-state index contributed by atoms with van der Waals surface area (Å²) in [7, 11) is 2.13. The number of nitrogens with zero attached hydrogens (tertiary/aromatic N) is 4. The molecule has 1 aromatic heterocycles. The Morgan fingerprint density at radius 1 is 1.09 bits per heavy atom. The molecule has 0 aliphatic carbocycles. The molecular weight excluding hydrogens is 278 g/mol. The van der Waals surface area contributed by atoms with Crippen molar-refractivity contribution in [2.45, 2.75) is 6.54 Å². The van der Waals surface area contributed by atoms with Crippen molar-refractivity contribution in [1.29, 1.82) is 0 Å². The van der Waals surface area contributed by atoms with Crippen LogP contribution < -0.4 is 10.2 Å². The maximum Gasteiger partial charge on any atom is 0.225 e. The van der Waals surface area contributed by atoms with Crippen LogP contribution in [0.25, 0.3) is 0 Å². The zero-order valence-corrected chi connectivity index (χ0v) is 12.7. The number of benzene rings is 1. The molecule has 6 nitrogen and oxygen atoms in total. The lowest BCUT2D eigenvalue weighted by molar-refractivity contribution is 0.311. The van der Waals surface area contributed by atoms with Crippen LogP contribution >= 0.6 is 0 Å². The Morgan fingerprint density at radius 2 is 1.77 bits per heavy atom. The van der Waals surface area contributed by atoms with Crippen LogP contribution in [0.1, 0.15) is 5.56 Å². The van der Waals surface area contributed by atoms with Gasteiger partial charge >= 0.3 is 0 Å². The van der Waals surface area contributed by atoms with Crippen LogP contribution in [0.4, 0.5) is 11.6 Å². The van der Waals surface area contributed by atoms with Crippen molar-refractivity contribution < 1.29 is 5.11 Å². The molecule has 1 aliphatic heterocycles. The number of piperazine rings is 1. The lowest BCUT2D eigenvalue weighted by Gasteiger charge is -2.32. The molecule has 2 aromatic rings. The number of anilines is 2. The fourth-order valence-corrected chi connectivity index (χ4v) is 2.44. The summed E-state index contributed by atoms with van der Waals surface area (Å²) in [6.45, 7) is 4.54. The number of nitrogens with one attached hydrogen (secondary N) is 1. The van der Waals surface area contributed by atoms with Gasteiger partial charge in [-0.15, -0.1) is 0 Å². The first-order valence-electron chi connectivity index (χ1n) is 7.48. The third kappa shape index (κ3) is 3.46. The molecule has 22 heavy (non-hydrogen) atoms. The zero-order chi connectivity index (χ0) is 15.4. The van der Waals surface area contributed by atoms with Gasteiger partial charge < -0.3 is 20.2 Å². The van der Waals surface area contributed by atoms with Gasteiger partial charge in [0.05, 0.1) is 18.1 Å². The first kappa shape index (κ1) is 14.6. The van der Waals surface area contributed by atoms with Crippen molar-refractivity contribution >= 4 is 11.6 Å². The number of aromatic nitrogens is 2. The molecule has 1 aromatic carbocycles. The summed E-state index contributed by atoms with van der Waals surface area (Å²) in [5.74, 6) is 1.08. The third-order valence-electron chi connectivity index (χ3n) is 3.90. The minimum absolute atomic E-state index is 0.296. The van der Waals surface area contributed by atoms with Crippen LogP contribution in [0.2, 0.25) is 0 Å². The molecule has 2 N–H and O–H groups in total. The average molecular weight is 299 g/mol. The van der Waals surface area contributed by atoms with Crippen molar-refractivity contribution in [1.82, 2.24) is 14.9 Å². The lowest BCUT2D eigenvalue weighted by atomic mass is 10.2. The SMILES string of the molecule is CN1CCN(c2ncc(NCc3ccccc3O)cn2)CC1. The van der Waals surface area contributed by atoms with Crippen LogP contribution in [0.15, 0.2) is 36.7 Å². The summed E-state index contributed by atoms with van der Waals surface area (Å²) in [5, 5.41) is 13.0. The Morgan fingerprint density at radius 3 is 2.45 bits per heavy atom. The first-order chi connectivity index (χ1) is 10.7. The number of rotatable bonds is 4. The van der Waals surface area contributed by atoms with E-state index in [4.69, 9.17) is 0 Å². The van der Waals surface area contributed by atoms with Gasteiger partial charge in [-0.05, 0) is 13.1 Å². The molecule has 1 aliphatic rings. The van der Waals surface area contributed by atoms with E-state index in [0.717, 1.165) is 43.4 Å². The lowest BCUT2D eigenvalue weighted by Crippen LogP contribution is -2.45. The molecule has 0 amide bonds. The van der Waals surface area contributed by atoms with Crippen molar-refractivity contribution in [2.75, 3.05) is 43.4 Å². The van der Waals surface area contributed by atoms with Gasteiger partial charge in [-0.3, -0.25) is 0 Å². The van der Waals surface area contributed by atoms with E-state index in [2.05, 4.69) is 32.1 Å². The van der Waals surface area contributed by atoms with Crippen LogP contribution in [0, 0.1) is 0 Å². The highest BCUT2D eigenvalue weighted by Crippen LogP contribution is 2.18. The summed E-state index contributed by atoms with van der Waals surface area (Å²) < 4.78 is 0. The normalized spacial score (nSPS) is 15.8. The van der Waals surface area contributed by atoms with E-state index in [-0.39, 0.29) is 0 Å². The van der Waals surface area contributed by atoms with E-state index >= 15 is 0 Å². The number of hydrogen-bond acceptors (Lipinski definition) is 6. The predicted molar refractivity (Wildman–Crippen MR) is 87.2 cm³/mol. The summed E-state index contributed by atoms with van der Waals surface area (Å²) in [5.41, 5.74) is 1.70. The molecular formula is C16H21N5O. The smallest absolute Gasteiger partial charge is 0.225 e. The van der Waals surface area contributed by atoms with Crippen LogP contribution in [-0.2, 0) is 6.54 Å². The van der Waals surface area contributed by atoms with E-state index < -0.39 is 0 Å². The van der Waals surface area contributed by atoms with E-state index in [9.17, 15) is 5.11 Å². The second-order valence-corrected chi connectivity index (χ2v) is 5.54. The third-order valence-corrected chi connectivity index (χ3v) is 3.90. The van der Waals surface area contributed by atoms with Gasteiger partial charge in [0.1, 0.15) is 5.75 Å². The summed E-state index contributed by atoms with van der Waals surface area (Å²) >= 11 is 0. The van der Waals surface area contributed by atoms with Crippen LogP contribution in [0.3, 0.4) is 0 Å². The molecule has 2 heterocycles. The van der Waals surface area contributed by atoms with Gasteiger partial charge in [0.15, 0.2) is 0 Å². The second-order valence-electron chi connectivity index (χ2n) is 5.54. The van der Waals surface area contributed by atoms with Gasteiger partial charge in [-0.1, -0.05) is 18.2 Å². The molecule has 0 spiro atoms. The molecule has 1 fully saturated rings. The summed E-state index contributed by atoms with van der Waals surface area (Å²) in [4.78, 5) is 13.4. The standard InChI is InChI=1S/C16H21N5O/c1-20-6-8-21(9-7-20)16-18-11-14(12-19-16)17-10-13-4-2-3-5-15(13)22/h2-5,11-12,17,22H,6-10H2,1H3. The van der Waals surface area contributed by atoms with Crippen molar-refractivity contribution in [3.05, 3.63) is 42.2 Å². The maximum atomic E-state index is 9.74. The Bertz CT molecular complexity index is 608. The van der Waals surface area contributed by atoms with E-state index in [1.807, 2.05) is 18.2 Å². The number of phenolic OH excluding ortho intramolecular Hbond substituents is 1. The number of phenols is 1. The Kier molecular flexibility index (Phi) is 4.39. The largest absolute Gasteiger partial charge is 0.508 e. The van der Waals surface area contributed by atoms with Crippen molar-refractivity contribution in [3.63, 3.8) is 0 Å². The van der Waals surface area contributed by atoms with Crippen molar-refractivity contribution in [3.8, 4) is 5.75 Å². The molecule has 0 atom stereocenters. The van der Waals surface area contributed by atoms with Crippen LogP contribution in [0.5, 0.6) is 5.75 Å². The van der Waals surface area contributed by atoms with Crippen LogP contribution in [-0.4, -0.2) is 53.2 Å². The monoisotopic (exact) mass is 299 g/mol. The number of hydrogen-bond donors (Lipinski definition) is 2. The topological polar surface area (TPSA) is 64.5 Å². The Hall–Kier alpha value is -2.34. The van der Waals surface area contributed by atoms with Gasteiger partial charge in [0.25, 0.3) is 0 Å². The molecule has 0 radical (unpaired) electrons. The van der Waals surface area contributed by atoms with E-state index in [1.54, 1.807) is 18.5 Å².